The van der Waals surface area contributed by atoms with Crippen LogP contribution in [0.2, 0.25) is 0 Å². The van der Waals surface area contributed by atoms with E-state index in [-0.39, 0.29) is 12.4 Å². The number of nitrogens with zero attached hydrogens (tertiary/aromatic N) is 1. The first-order chi connectivity index (χ1) is 7.74. The molecule has 98 valence electrons. The zero-order valence-corrected chi connectivity index (χ0v) is 12.0. The summed E-state index contributed by atoms with van der Waals surface area (Å²) in [5, 5.41) is 3.56. The molecule has 0 aliphatic rings. The van der Waals surface area contributed by atoms with Gasteiger partial charge in [0.05, 0.1) is 0 Å². The van der Waals surface area contributed by atoms with Gasteiger partial charge in [0, 0.05) is 24.5 Å². The van der Waals surface area contributed by atoms with E-state index in [1.54, 1.807) is 0 Å². The molecule has 1 aromatic rings. The number of aromatic nitrogens is 1. The molecule has 0 fully saturated rings. The molecule has 0 radical (unpaired) electrons. The van der Waals surface area contributed by atoms with Crippen LogP contribution in [-0.4, -0.2) is 11.0 Å². The number of hydrogen-bond acceptors (Lipinski definition) is 2. The molecule has 1 N–H and O–H groups in total. The zero-order valence-electron chi connectivity index (χ0n) is 11.2. The molecule has 17 heavy (non-hydrogen) atoms. The number of hydrogen-bond donors (Lipinski definition) is 1. The van der Waals surface area contributed by atoms with Crippen LogP contribution in [0.15, 0.2) is 18.3 Å². The molecule has 0 aliphatic carbocycles. The van der Waals surface area contributed by atoms with Crippen molar-refractivity contribution in [3.8, 4) is 0 Å². The third-order valence-electron chi connectivity index (χ3n) is 3.00. The van der Waals surface area contributed by atoms with Gasteiger partial charge in [-0.1, -0.05) is 32.3 Å². The third kappa shape index (κ3) is 6.64. The minimum absolute atomic E-state index is 0. The van der Waals surface area contributed by atoms with Crippen molar-refractivity contribution in [1.82, 2.24) is 10.3 Å². The van der Waals surface area contributed by atoms with Crippen LogP contribution in [-0.2, 0) is 6.54 Å². The van der Waals surface area contributed by atoms with Crippen LogP contribution >= 0.6 is 12.4 Å². The van der Waals surface area contributed by atoms with E-state index < -0.39 is 0 Å². The Morgan fingerprint density at radius 2 is 2.12 bits per heavy atom. The van der Waals surface area contributed by atoms with Crippen LogP contribution in [0.5, 0.6) is 0 Å². The van der Waals surface area contributed by atoms with Crippen molar-refractivity contribution in [2.24, 2.45) is 0 Å². The van der Waals surface area contributed by atoms with Gasteiger partial charge < -0.3 is 5.32 Å². The summed E-state index contributed by atoms with van der Waals surface area (Å²) >= 11 is 0. The molecule has 1 unspecified atom stereocenters. The Hall–Kier alpha value is -0.600. The quantitative estimate of drug-likeness (QED) is 0.749. The van der Waals surface area contributed by atoms with Crippen LogP contribution in [0, 0.1) is 6.92 Å². The summed E-state index contributed by atoms with van der Waals surface area (Å²) in [6, 6.07) is 4.76. The molecule has 0 spiro atoms. The smallest absolute Gasteiger partial charge is 0.0417 e. The van der Waals surface area contributed by atoms with E-state index in [1.807, 2.05) is 12.3 Å². The van der Waals surface area contributed by atoms with Gasteiger partial charge in [-0.15, -0.1) is 12.4 Å². The second-order valence-electron chi connectivity index (χ2n) is 4.53. The average molecular weight is 257 g/mol. The first-order valence-electron chi connectivity index (χ1n) is 6.38. The Bertz CT molecular complexity index is 302. The van der Waals surface area contributed by atoms with Crippen LogP contribution < -0.4 is 5.32 Å². The van der Waals surface area contributed by atoms with Crippen molar-refractivity contribution < 1.29 is 0 Å². The Morgan fingerprint density at radius 1 is 1.35 bits per heavy atom. The van der Waals surface area contributed by atoms with Gasteiger partial charge in [-0.2, -0.15) is 0 Å². The molecule has 0 aromatic carbocycles. The van der Waals surface area contributed by atoms with Gasteiger partial charge in [0.15, 0.2) is 0 Å². The van der Waals surface area contributed by atoms with E-state index in [4.69, 9.17) is 0 Å². The van der Waals surface area contributed by atoms with Crippen LogP contribution in [0.4, 0.5) is 0 Å². The number of pyridine rings is 1. The maximum absolute atomic E-state index is 4.29. The Morgan fingerprint density at radius 3 is 2.76 bits per heavy atom. The molecule has 3 heteroatoms. The minimum Gasteiger partial charge on any atom is -0.310 e. The molecule has 1 atom stereocenters. The van der Waals surface area contributed by atoms with Crippen LogP contribution in [0.1, 0.15) is 50.8 Å². The van der Waals surface area contributed by atoms with Gasteiger partial charge in [-0.3, -0.25) is 4.98 Å². The van der Waals surface area contributed by atoms with E-state index in [0.717, 1.165) is 12.2 Å². The van der Waals surface area contributed by atoms with E-state index in [2.05, 4.69) is 37.1 Å². The van der Waals surface area contributed by atoms with Gasteiger partial charge in [0.1, 0.15) is 0 Å². The van der Waals surface area contributed by atoms with Crippen molar-refractivity contribution in [2.45, 2.75) is 59.0 Å². The Labute approximate surface area is 112 Å². The first kappa shape index (κ1) is 16.4. The van der Waals surface area contributed by atoms with E-state index in [1.165, 1.54) is 31.2 Å². The number of aryl methyl sites for hydroxylation is 1. The van der Waals surface area contributed by atoms with E-state index in [0.29, 0.717) is 6.04 Å². The summed E-state index contributed by atoms with van der Waals surface area (Å²) in [4.78, 5) is 4.29. The minimum atomic E-state index is 0. The third-order valence-corrected chi connectivity index (χ3v) is 3.00. The summed E-state index contributed by atoms with van der Waals surface area (Å²) in [5.74, 6) is 0. The molecule has 0 bridgehead atoms. The lowest BCUT2D eigenvalue weighted by atomic mass is 10.1. The van der Waals surface area contributed by atoms with E-state index in [9.17, 15) is 0 Å². The molecule has 0 saturated carbocycles. The van der Waals surface area contributed by atoms with Crippen molar-refractivity contribution in [3.63, 3.8) is 0 Å². The second-order valence-corrected chi connectivity index (χ2v) is 4.53. The largest absolute Gasteiger partial charge is 0.310 e. The van der Waals surface area contributed by atoms with Crippen molar-refractivity contribution >= 4 is 12.4 Å². The standard InChI is InChI=1S/C14H24N2.ClH/c1-4-5-6-8-12(2)16-11-14-9-7-10-15-13(14)3;/h7,9-10,12,16H,4-6,8,11H2,1-3H3;1H. The van der Waals surface area contributed by atoms with Crippen molar-refractivity contribution in [2.75, 3.05) is 0 Å². The molecule has 1 heterocycles. The molecule has 1 aromatic heterocycles. The van der Waals surface area contributed by atoms with Gasteiger partial charge in [0.25, 0.3) is 0 Å². The fourth-order valence-electron chi connectivity index (χ4n) is 1.79. The Balaban J connectivity index is 0.00000256. The first-order valence-corrected chi connectivity index (χ1v) is 6.38. The van der Waals surface area contributed by atoms with E-state index >= 15 is 0 Å². The highest BCUT2D eigenvalue weighted by atomic mass is 35.5. The van der Waals surface area contributed by atoms with Gasteiger partial charge in [-0.05, 0) is 31.9 Å². The van der Waals surface area contributed by atoms with Crippen LogP contribution in [0.3, 0.4) is 0 Å². The maximum atomic E-state index is 4.29. The lowest BCUT2D eigenvalue weighted by molar-refractivity contribution is 0.486. The number of halogens is 1. The maximum Gasteiger partial charge on any atom is 0.0417 e. The lowest BCUT2D eigenvalue weighted by Crippen LogP contribution is -2.25. The predicted molar refractivity (Wildman–Crippen MR) is 76.7 cm³/mol. The molecule has 0 aliphatic heterocycles. The van der Waals surface area contributed by atoms with Crippen LogP contribution in [0.25, 0.3) is 0 Å². The van der Waals surface area contributed by atoms with Gasteiger partial charge in [0.2, 0.25) is 0 Å². The summed E-state index contributed by atoms with van der Waals surface area (Å²) in [5.41, 5.74) is 2.44. The van der Waals surface area contributed by atoms with Crippen molar-refractivity contribution in [1.29, 1.82) is 0 Å². The fraction of sp³-hybridized carbons (Fsp3) is 0.643. The summed E-state index contributed by atoms with van der Waals surface area (Å²) < 4.78 is 0. The number of nitrogens with one attached hydrogen (secondary N) is 1. The Kier molecular flexibility index (Phi) is 9.10. The SMILES string of the molecule is CCCCCC(C)NCc1cccnc1C.Cl. The number of rotatable bonds is 7. The normalized spacial score (nSPS) is 11.9. The molecule has 0 amide bonds. The average Bonchev–Trinajstić information content (AvgIpc) is 2.28. The zero-order chi connectivity index (χ0) is 11.8. The van der Waals surface area contributed by atoms with Gasteiger partial charge in [-0.25, -0.2) is 0 Å². The highest BCUT2D eigenvalue weighted by Crippen LogP contribution is 2.06. The molecule has 0 saturated heterocycles. The molecular weight excluding hydrogens is 232 g/mol. The molecule has 1 rings (SSSR count). The second kappa shape index (κ2) is 9.43. The molecule has 2 nitrogen and oxygen atoms in total. The topological polar surface area (TPSA) is 24.9 Å². The summed E-state index contributed by atoms with van der Waals surface area (Å²) in [6.45, 7) is 7.52. The number of unbranched alkanes of at least 4 members (excludes halogenated alkanes) is 2. The molecular formula is C14H25ClN2. The lowest BCUT2D eigenvalue weighted by Gasteiger charge is -2.14. The van der Waals surface area contributed by atoms with Crippen molar-refractivity contribution in [3.05, 3.63) is 29.6 Å². The monoisotopic (exact) mass is 256 g/mol. The fourth-order valence-corrected chi connectivity index (χ4v) is 1.79. The summed E-state index contributed by atoms with van der Waals surface area (Å²) in [7, 11) is 0. The summed E-state index contributed by atoms with van der Waals surface area (Å²) in [6.07, 6.45) is 7.10. The predicted octanol–water partition coefficient (Wildman–Crippen LogP) is 3.87. The highest BCUT2D eigenvalue weighted by Gasteiger charge is 2.02. The highest BCUT2D eigenvalue weighted by molar-refractivity contribution is 5.85. The van der Waals surface area contributed by atoms with Gasteiger partial charge >= 0.3 is 0 Å².